The Morgan fingerprint density at radius 3 is 2.32 bits per heavy atom. The van der Waals surface area contributed by atoms with Gasteiger partial charge in [-0.05, 0) is 42.0 Å². The van der Waals surface area contributed by atoms with Crippen LogP contribution in [0.25, 0.3) is 0 Å². The molecule has 4 aromatic rings. The highest BCUT2D eigenvalue weighted by Crippen LogP contribution is 2.41. The van der Waals surface area contributed by atoms with Gasteiger partial charge in [0, 0.05) is 5.69 Å². The first kappa shape index (κ1) is 21.5. The van der Waals surface area contributed by atoms with E-state index in [0.717, 1.165) is 16.9 Å². The van der Waals surface area contributed by atoms with Crippen molar-refractivity contribution in [2.75, 3.05) is 4.90 Å². The van der Waals surface area contributed by atoms with Crippen molar-refractivity contribution in [3.8, 4) is 11.5 Å². The average molecular weight is 453 g/mol. The number of anilines is 1. The molecule has 1 aliphatic heterocycles. The van der Waals surface area contributed by atoms with Crippen LogP contribution in [0.5, 0.6) is 11.5 Å². The van der Waals surface area contributed by atoms with Gasteiger partial charge in [-0.3, -0.25) is 9.69 Å². The van der Waals surface area contributed by atoms with Crippen molar-refractivity contribution < 1.29 is 14.3 Å². The standard InChI is InChI=1S/C27H24N4O3/c1-2-17-30-18-21(28-29-30)19-33-23-15-13-22(14-16-23)31-25(20-9-5-3-6-10-20)26(27(31)32)34-24-11-7-4-8-12-24/h2-16,18,25-26H,1,17,19H2. The summed E-state index contributed by atoms with van der Waals surface area (Å²) >= 11 is 0. The lowest BCUT2D eigenvalue weighted by atomic mass is 9.89. The van der Waals surface area contributed by atoms with E-state index in [0.29, 0.717) is 24.7 Å². The fourth-order valence-corrected chi connectivity index (χ4v) is 3.97. The molecule has 0 aliphatic carbocycles. The van der Waals surface area contributed by atoms with Gasteiger partial charge in [0.1, 0.15) is 29.8 Å². The van der Waals surface area contributed by atoms with Crippen LogP contribution in [0, 0.1) is 0 Å². The summed E-state index contributed by atoms with van der Waals surface area (Å²) in [5.41, 5.74) is 2.54. The van der Waals surface area contributed by atoms with Gasteiger partial charge in [0.2, 0.25) is 6.10 Å². The van der Waals surface area contributed by atoms with E-state index >= 15 is 0 Å². The minimum absolute atomic E-state index is 0.0785. The first-order valence-corrected chi connectivity index (χ1v) is 11.1. The van der Waals surface area contributed by atoms with Crippen LogP contribution in [-0.2, 0) is 17.9 Å². The Hall–Kier alpha value is -4.39. The molecule has 2 unspecified atom stereocenters. The average Bonchev–Trinajstić information content (AvgIpc) is 3.34. The van der Waals surface area contributed by atoms with Crippen molar-refractivity contribution in [3.05, 3.63) is 115 Å². The second-order valence-electron chi connectivity index (χ2n) is 7.92. The lowest BCUT2D eigenvalue weighted by Gasteiger charge is -2.46. The molecule has 5 rings (SSSR count). The van der Waals surface area contributed by atoms with Crippen LogP contribution in [0.4, 0.5) is 5.69 Å². The van der Waals surface area contributed by atoms with E-state index in [4.69, 9.17) is 9.47 Å². The predicted molar refractivity (Wildman–Crippen MR) is 129 cm³/mol. The largest absolute Gasteiger partial charge is 0.487 e. The van der Waals surface area contributed by atoms with Crippen molar-refractivity contribution in [2.24, 2.45) is 0 Å². The summed E-state index contributed by atoms with van der Waals surface area (Å²) < 4.78 is 13.6. The quantitative estimate of drug-likeness (QED) is 0.275. The summed E-state index contributed by atoms with van der Waals surface area (Å²) in [5.74, 6) is 1.28. The molecule has 7 heteroatoms. The van der Waals surface area contributed by atoms with Gasteiger partial charge in [0.05, 0.1) is 12.7 Å². The fourth-order valence-electron chi connectivity index (χ4n) is 3.97. The van der Waals surface area contributed by atoms with Gasteiger partial charge in [-0.25, -0.2) is 4.68 Å². The monoisotopic (exact) mass is 452 g/mol. The van der Waals surface area contributed by atoms with Gasteiger partial charge in [-0.2, -0.15) is 0 Å². The zero-order chi connectivity index (χ0) is 23.3. The number of amides is 1. The van der Waals surface area contributed by atoms with E-state index in [9.17, 15) is 4.79 Å². The predicted octanol–water partition coefficient (Wildman–Crippen LogP) is 4.58. The van der Waals surface area contributed by atoms with Gasteiger partial charge < -0.3 is 9.47 Å². The number of nitrogens with zero attached hydrogens (tertiary/aromatic N) is 4. The Bertz CT molecular complexity index is 1260. The third-order valence-electron chi connectivity index (χ3n) is 5.60. The molecule has 170 valence electrons. The lowest BCUT2D eigenvalue weighted by Crippen LogP contribution is -2.61. The number of allylic oxidation sites excluding steroid dienone is 1. The second kappa shape index (κ2) is 9.62. The number of β-lactam (4-membered cyclic amide) rings is 1. The third kappa shape index (κ3) is 4.41. The SMILES string of the molecule is C=CCn1cc(COc2ccc(N3C(=O)C(Oc4ccccc4)C3c3ccccc3)cc2)nn1. The first-order chi connectivity index (χ1) is 16.7. The van der Waals surface area contributed by atoms with Crippen LogP contribution in [0.15, 0.2) is 104 Å². The van der Waals surface area contributed by atoms with Crippen LogP contribution < -0.4 is 14.4 Å². The van der Waals surface area contributed by atoms with E-state index in [2.05, 4.69) is 16.9 Å². The maximum absolute atomic E-state index is 13.1. The number of hydrogen-bond acceptors (Lipinski definition) is 5. The molecule has 2 heterocycles. The molecular formula is C27H24N4O3. The van der Waals surface area contributed by atoms with E-state index in [1.807, 2.05) is 91.1 Å². The molecule has 0 saturated carbocycles. The zero-order valence-electron chi connectivity index (χ0n) is 18.5. The Kier molecular flexibility index (Phi) is 6.07. The number of carbonyl (C=O) groups excluding carboxylic acids is 1. The number of carbonyl (C=O) groups is 1. The number of rotatable bonds is 9. The van der Waals surface area contributed by atoms with Crippen molar-refractivity contribution >= 4 is 11.6 Å². The smallest absolute Gasteiger partial charge is 0.271 e. The molecule has 0 N–H and O–H groups in total. The fraction of sp³-hybridized carbons (Fsp3) is 0.148. The first-order valence-electron chi connectivity index (χ1n) is 11.1. The molecule has 34 heavy (non-hydrogen) atoms. The summed E-state index contributed by atoms with van der Waals surface area (Å²) in [6, 6.07) is 26.6. The topological polar surface area (TPSA) is 69.5 Å². The molecular weight excluding hydrogens is 428 g/mol. The molecule has 7 nitrogen and oxygen atoms in total. The van der Waals surface area contributed by atoms with Crippen molar-refractivity contribution in [1.82, 2.24) is 15.0 Å². The lowest BCUT2D eigenvalue weighted by molar-refractivity contribution is -0.135. The number of benzene rings is 3. The molecule has 3 aromatic carbocycles. The minimum Gasteiger partial charge on any atom is -0.487 e. The molecule has 2 atom stereocenters. The number of aromatic nitrogens is 3. The molecule has 1 fully saturated rings. The third-order valence-corrected chi connectivity index (χ3v) is 5.60. The van der Waals surface area contributed by atoms with E-state index in [1.165, 1.54) is 0 Å². The summed E-state index contributed by atoms with van der Waals surface area (Å²) in [7, 11) is 0. The Balaban J connectivity index is 1.31. The Morgan fingerprint density at radius 2 is 1.62 bits per heavy atom. The number of hydrogen-bond donors (Lipinski definition) is 0. The van der Waals surface area contributed by atoms with E-state index < -0.39 is 6.10 Å². The zero-order valence-corrected chi connectivity index (χ0v) is 18.5. The summed E-state index contributed by atoms with van der Waals surface area (Å²) in [6.45, 7) is 4.60. The maximum Gasteiger partial charge on any atom is 0.271 e. The highest BCUT2D eigenvalue weighted by Gasteiger charge is 2.51. The second-order valence-corrected chi connectivity index (χ2v) is 7.92. The highest BCUT2D eigenvalue weighted by molar-refractivity contribution is 6.05. The van der Waals surface area contributed by atoms with E-state index in [-0.39, 0.29) is 11.9 Å². The summed E-state index contributed by atoms with van der Waals surface area (Å²) in [6.07, 6.45) is 3.00. The van der Waals surface area contributed by atoms with Crippen LogP contribution in [-0.4, -0.2) is 27.0 Å². The van der Waals surface area contributed by atoms with E-state index in [1.54, 1.807) is 15.7 Å². The molecule has 0 spiro atoms. The van der Waals surface area contributed by atoms with Crippen LogP contribution in [0.2, 0.25) is 0 Å². The van der Waals surface area contributed by atoms with Crippen molar-refractivity contribution in [1.29, 1.82) is 0 Å². The van der Waals surface area contributed by atoms with Gasteiger partial charge in [0.25, 0.3) is 5.91 Å². The van der Waals surface area contributed by atoms with Crippen molar-refractivity contribution in [3.63, 3.8) is 0 Å². The van der Waals surface area contributed by atoms with Crippen LogP contribution in [0.3, 0.4) is 0 Å². The number of ether oxygens (including phenoxy) is 2. The summed E-state index contributed by atoms with van der Waals surface area (Å²) in [4.78, 5) is 14.9. The van der Waals surface area contributed by atoms with Gasteiger partial charge in [-0.1, -0.05) is 59.8 Å². The van der Waals surface area contributed by atoms with Crippen molar-refractivity contribution in [2.45, 2.75) is 25.3 Å². The van der Waals surface area contributed by atoms with Gasteiger partial charge >= 0.3 is 0 Å². The summed E-state index contributed by atoms with van der Waals surface area (Å²) in [5, 5.41) is 8.10. The number of para-hydroxylation sites is 1. The van der Waals surface area contributed by atoms with Gasteiger partial charge in [0.15, 0.2) is 0 Å². The molecule has 0 radical (unpaired) electrons. The van der Waals surface area contributed by atoms with Crippen LogP contribution in [0.1, 0.15) is 17.3 Å². The molecule has 1 aromatic heterocycles. The molecule has 1 saturated heterocycles. The maximum atomic E-state index is 13.1. The molecule has 0 bridgehead atoms. The molecule has 1 aliphatic rings. The molecule has 1 amide bonds. The Morgan fingerprint density at radius 1 is 0.912 bits per heavy atom. The highest BCUT2D eigenvalue weighted by atomic mass is 16.5. The minimum atomic E-state index is -0.584. The van der Waals surface area contributed by atoms with Gasteiger partial charge in [-0.15, -0.1) is 11.7 Å². The normalized spacial score (nSPS) is 17.2. The Labute approximate surface area is 197 Å². The van der Waals surface area contributed by atoms with Crippen LogP contribution >= 0.6 is 0 Å².